The number of likely N-dealkylation sites (tertiary alicyclic amines) is 1. The lowest BCUT2D eigenvalue weighted by molar-refractivity contribution is 0.191. The van der Waals surface area contributed by atoms with Gasteiger partial charge in [0.1, 0.15) is 0 Å². The second kappa shape index (κ2) is 13.1. The molecule has 0 unspecified atom stereocenters. The lowest BCUT2D eigenvalue weighted by atomic mass is 9.99. The van der Waals surface area contributed by atoms with Crippen LogP contribution >= 0.6 is 24.0 Å². The van der Waals surface area contributed by atoms with Gasteiger partial charge in [0.15, 0.2) is 5.96 Å². The summed E-state index contributed by atoms with van der Waals surface area (Å²) in [5, 5.41) is 6.91. The van der Waals surface area contributed by atoms with E-state index in [0.29, 0.717) is 0 Å². The van der Waals surface area contributed by atoms with E-state index in [1.165, 1.54) is 64.6 Å². The first kappa shape index (κ1) is 23.0. The van der Waals surface area contributed by atoms with Crippen LogP contribution in [-0.2, 0) is 0 Å². The maximum Gasteiger partial charge on any atom is 0.191 e. The van der Waals surface area contributed by atoms with Gasteiger partial charge in [0.25, 0.3) is 0 Å². The van der Waals surface area contributed by atoms with E-state index in [4.69, 9.17) is 0 Å². The molecule has 0 bridgehead atoms. The van der Waals surface area contributed by atoms with Crippen LogP contribution in [0.1, 0.15) is 51.9 Å². The minimum Gasteiger partial charge on any atom is -0.356 e. The molecule has 0 amide bonds. The van der Waals surface area contributed by atoms with Crippen LogP contribution in [0.4, 0.5) is 0 Å². The molecule has 5 nitrogen and oxygen atoms in total. The van der Waals surface area contributed by atoms with Gasteiger partial charge < -0.3 is 20.4 Å². The Morgan fingerprint density at radius 2 is 1.72 bits per heavy atom. The number of aliphatic imine (C=N–C) groups is 1. The molecule has 0 aromatic heterocycles. The first-order valence-corrected chi connectivity index (χ1v) is 10.1. The average molecular weight is 465 g/mol. The fourth-order valence-electron chi connectivity index (χ4n) is 3.89. The average Bonchev–Trinajstić information content (AvgIpc) is 3.13. The molecular formula is C19H40IN5. The second-order valence-corrected chi connectivity index (χ2v) is 7.72. The largest absolute Gasteiger partial charge is 0.356 e. The quantitative estimate of drug-likeness (QED) is 0.251. The maximum absolute atomic E-state index is 4.34. The molecule has 0 spiro atoms. The number of nitrogens with zero attached hydrogens (tertiary/aromatic N) is 3. The van der Waals surface area contributed by atoms with E-state index in [2.05, 4.69) is 39.4 Å². The normalized spacial score (nSPS) is 20.7. The lowest BCUT2D eigenvalue weighted by Crippen LogP contribution is -2.43. The summed E-state index contributed by atoms with van der Waals surface area (Å²) in [5.74, 6) is 1.87. The van der Waals surface area contributed by atoms with Crippen LogP contribution in [0.5, 0.6) is 0 Å². The molecule has 1 aliphatic heterocycles. The predicted molar refractivity (Wildman–Crippen MR) is 119 cm³/mol. The highest BCUT2D eigenvalue weighted by atomic mass is 127. The number of hydrogen-bond acceptors (Lipinski definition) is 3. The number of hydrogen-bond donors (Lipinski definition) is 2. The standard InChI is InChI=1S/C19H39N5.HI/c1-17-9-14-24(15-10-17)13-6-11-21-19(20-2)22-12-16-23(3)18-7-4-5-8-18;/h17-18H,4-16H2,1-3H3,(H2,20,21,22);1H. The Kier molecular flexibility index (Phi) is 12.1. The molecule has 0 atom stereocenters. The smallest absolute Gasteiger partial charge is 0.191 e. The third-order valence-corrected chi connectivity index (χ3v) is 5.75. The summed E-state index contributed by atoms with van der Waals surface area (Å²) in [6.45, 7) is 9.21. The fraction of sp³-hybridized carbons (Fsp3) is 0.947. The molecule has 0 radical (unpaired) electrons. The summed E-state index contributed by atoms with van der Waals surface area (Å²) < 4.78 is 0. The van der Waals surface area contributed by atoms with Gasteiger partial charge >= 0.3 is 0 Å². The van der Waals surface area contributed by atoms with E-state index in [9.17, 15) is 0 Å². The Bertz CT molecular complexity index is 363. The SMILES string of the molecule is CN=C(NCCCN1CCC(C)CC1)NCCN(C)C1CCCC1.I. The van der Waals surface area contributed by atoms with Crippen molar-refractivity contribution in [2.24, 2.45) is 10.9 Å². The van der Waals surface area contributed by atoms with Gasteiger partial charge in [0.2, 0.25) is 0 Å². The monoisotopic (exact) mass is 465 g/mol. The van der Waals surface area contributed by atoms with Gasteiger partial charge in [0.05, 0.1) is 0 Å². The maximum atomic E-state index is 4.34. The third kappa shape index (κ3) is 8.91. The van der Waals surface area contributed by atoms with Gasteiger partial charge in [-0.1, -0.05) is 19.8 Å². The first-order valence-electron chi connectivity index (χ1n) is 10.1. The van der Waals surface area contributed by atoms with Crippen LogP contribution in [0, 0.1) is 5.92 Å². The molecule has 1 heterocycles. The van der Waals surface area contributed by atoms with Crippen molar-refractivity contribution in [2.45, 2.75) is 57.9 Å². The molecule has 2 rings (SSSR count). The third-order valence-electron chi connectivity index (χ3n) is 5.75. The molecule has 1 saturated heterocycles. The summed E-state index contributed by atoms with van der Waals surface area (Å²) in [4.78, 5) is 9.45. The Morgan fingerprint density at radius 1 is 1.08 bits per heavy atom. The van der Waals surface area contributed by atoms with Crippen LogP contribution < -0.4 is 10.6 Å². The summed E-state index contributed by atoms with van der Waals surface area (Å²) in [7, 11) is 4.12. The van der Waals surface area contributed by atoms with Gasteiger partial charge in [-0.3, -0.25) is 4.99 Å². The Labute approximate surface area is 172 Å². The molecule has 2 aliphatic rings. The van der Waals surface area contributed by atoms with Crippen LogP contribution in [0.15, 0.2) is 4.99 Å². The minimum absolute atomic E-state index is 0. The van der Waals surface area contributed by atoms with Gasteiger partial charge in [0, 0.05) is 32.7 Å². The zero-order valence-corrected chi connectivity index (χ0v) is 18.9. The topological polar surface area (TPSA) is 42.9 Å². The van der Waals surface area contributed by atoms with E-state index >= 15 is 0 Å². The number of rotatable bonds is 8. The molecule has 2 fully saturated rings. The van der Waals surface area contributed by atoms with Crippen molar-refractivity contribution in [3.05, 3.63) is 0 Å². The molecule has 6 heteroatoms. The highest BCUT2D eigenvalue weighted by Gasteiger charge is 2.19. The minimum atomic E-state index is 0. The Morgan fingerprint density at radius 3 is 2.36 bits per heavy atom. The van der Waals surface area contributed by atoms with Crippen molar-refractivity contribution < 1.29 is 0 Å². The number of piperidine rings is 1. The number of likely N-dealkylation sites (N-methyl/N-ethyl adjacent to an activating group) is 1. The molecule has 2 N–H and O–H groups in total. The van der Waals surface area contributed by atoms with Gasteiger partial charge in [-0.2, -0.15) is 0 Å². The van der Waals surface area contributed by atoms with Crippen molar-refractivity contribution in [2.75, 3.05) is 53.4 Å². The zero-order valence-electron chi connectivity index (χ0n) is 16.6. The molecule has 25 heavy (non-hydrogen) atoms. The predicted octanol–water partition coefficient (Wildman–Crippen LogP) is 2.77. The van der Waals surface area contributed by atoms with E-state index in [0.717, 1.165) is 37.6 Å². The van der Waals surface area contributed by atoms with E-state index in [1.807, 2.05) is 7.05 Å². The van der Waals surface area contributed by atoms with Crippen molar-refractivity contribution in [3.8, 4) is 0 Å². The molecule has 1 saturated carbocycles. The van der Waals surface area contributed by atoms with Gasteiger partial charge in [-0.25, -0.2) is 0 Å². The summed E-state index contributed by atoms with van der Waals surface area (Å²) in [5.41, 5.74) is 0. The van der Waals surface area contributed by atoms with E-state index in [-0.39, 0.29) is 24.0 Å². The van der Waals surface area contributed by atoms with Crippen molar-refractivity contribution in [1.82, 2.24) is 20.4 Å². The van der Waals surface area contributed by atoms with Crippen LogP contribution in [0.2, 0.25) is 0 Å². The molecule has 0 aromatic rings. The summed E-state index contributed by atoms with van der Waals surface area (Å²) in [6, 6.07) is 0.800. The molecular weight excluding hydrogens is 425 g/mol. The molecule has 1 aliphatic carbocycles. The summed E-state index contributed by atoms with van der Waals surface area (Å²) >= 11 is 0. The van der Waals surface area contributed by atoms with Gasteiger partial charge in [-0.15, -0.1) is 24.0 Å². The van der Waals surface area contributed by atoms with Gasteiger partial charge in [-0.05, 0) is 64.7 Å². The van der Waals surface area contributed by atoms with Crippen molar-refractivity contribution in [1.29, 1.82) is 0 Å². The van der Waals surface area contributed by atoms with Crippen LogP contribution in [0.25, 0.3) is 0 Å². The second-order valence-electron chi connectivity index (χ2n) is 7.72. The Hall–Kier alpha value is -0.0800. The van der Waals surface area contributed by atoms with E-state index < -0.39 is 0 Å². The number of halogens is 1. The first-order chi connectivity index (χ1) is 11.7. The molecule has 148 valence electrons. The van der Waals surface area contributed by atoms with E-state index in [1.54, 1.807) is 0 Å². The number of guanidine groups is 1. The lowest BCUT2D eigenvalue weighted by Gasteiger charge is -2.30. The van der Waals surface area contributed by atoms with Crippen LogP contribution in [-0.4, -0.2) is 75.2 Å². The Balaban J connectivity index is 0.00000312. The molecule has 0 aromatic carbocycles. The van der Waals surface area contributed by atoms with Crippen LogP contribution in [0.3, 0.4) is 0 Å². The highest BCUT2D eigenvalue weighted by Crippen LogP contribution is 2.21. The highest BCUT2D eigenvalue weighted by molar-refractivity contribution is 14.0. The zero-order chi connectivity index (χ0) is 17.2. The summed E-state index contributed by atoms with van der Waals surface area (Å²) in [6.07, 6.45) is 9.48. The van der Waals surface area contributed by atoms with Crippen molar-refractivity contribution in [3.63, 3.8) is 0 Å². The van der Waals surface area contributed by atoms with Crippen molar-refractivity contribution >= 4 is 29.9 Å². The number of nitrogens with one attached hydrogen (secondary N) is 2. The fourth-order valence-corrected chi connectivity index (χ4v) is 3.89.